The van der Waals surface area contributed by atoms with Crippen LogP contribution in [0.3, 0.4) is 0 Å². The van der Waals surface area contributed by atoms with Gasteiger partial charge in [-0.1, -0.05) is 12.1 Å². The maximum absolute atomic E-state index is 13.4. The number of aliphatic carboxylic acids is 2. The second kappa shape index (κ2) is 15.3. The van der Waals surface area contributed by atoms with Crippen LogP contribution in [-0.2, 0) is 25.6 Å². The van der Waals surface area contributed by atoms with Crippen LogP contribution in [0.4, 0.5) is 30.7 Å². The van der Waals surface area contributed by atoms with Gasteiger partial charge in [0.1, 0.15) is 5.82 Å². The average molecular weight is 579 g/mol. The topological polar surface area (TPSA) is 99.5 Å². The summed E-state index contributed by atoms with van der Waals surface area (Å²) in [5, 5.41) is 14.2. The quantitative estimate of drug-likeness (QED) is 0.471. The predicted molar refractivity (Wildman–Crippen MR) is 124 cm³/mol. The molecule has 0 amide bonds. The monoisotopic (exact) mass is 578 g/mol. The first-order valence-corrected chi connectivity index (χ1v) is 11.8. The van der Waals surface area contributed by atoms with Crippen LogP contribution in [0.1, 0.15) is 18.4 Å². The van der Waals surface area contributed by atoms with Gasteiger partial charge in [-0.05, 0) is 49.0 Å². The summed E-state index contributed by atoms with van der Waals surface area (Å²) in [6.45, 7) is 7.90. The van der Waals surface area contributed by atoms with Gasteiger partial charge in [0.25, 0.3) is 0 Å². The van der Waals surface area contributed by atoms with Crippen molar-refractivity contribution < 1.29 is 60.0 Å². The standard InChI is InChI=1S/C20H31FN2O2.2C2HF3O2/c1-24-11-10-23-14-18(15-25-2)20(16-23)6-8-22(9-7-20)13-17-4-3-5-19(21)12-17;2*3-2(4,5)1(6)7/h3-5,12,18H,6-11,13-16H2,1-2H3;2*(H,6,7). The molecule has 1 atom stereocenters. The highest BCUT2D eigenvalue weighted by Crippen LogP contribution is 2.45. The highest BCUT2D eigenvalue weighted by atomic mass is 19.4. The molecular formula is C24H33F7N2O6. The number of alkyl halides is 6. The number of rotatable bonds is 7. The minimum absolute atomic E-state index is 0.143. The summed E-state index contributed by atoms with van der Waals surface area (Å²) in [7, 11) is 3.58. The van der Waals surface area contributed by atoms with Gasteiger partial charge in [0.2, 0.25) is 0 Å². The van der Waals surface area contributed by atoms with E-state index in [1.165, 1.54) is 18.9 Å². The van der Waals surface area contributed by atoms with Gasteiger partial charge in [-0.2, -0.15) is 26.3 Å². The molecule has 0 aromatic heterocycles. The molecule has 1 aromatic carbocycles. The molecule has 8 nitrogen and oxygen atoms in total. The first-order chi connectivity index (χ1) is 18.0. The second-order valence-electron chi connectivity index (χ2n) is 9.25. The van der Waals surface area contributed by atoms with Gasteiger partial charge in [0, 0.05) is 46.3 Å². The van der Waals surface area contributed by atoms with E-state index in [2.05, 4.69) is 9.80 Å². The number of hydrogen-bond donors (Lipinski definition) is 2. The molecule has 0 aliphatic carbocycles. The van der Waals surface area contributed by atoms with Crippen LogP contribution in [0, 0.1) is 17.2 Å². The fourth-order valence-corrected chi connectivity index (χ4v) is 4.58. The Balaban J connectivity index is 0.000000449. The highest BCUT2D eigenvalue weighted by Gasteiger charge is 2.47. The summed E-state index contributed by atoms with van der Waals surface area (Å²) in [5.41, 5.74) is 1.43. The van der Waals surface area contributed by atoms with Crippen molar-refractivity contribution >= 4 is 11.9 Å². The normalized spacial score (nSPS) is 19.6. The van der Waals surface area contributed by atoms with Crippen LogP contribution < -0.4 is 0 Å². The molecular weight excluding hydrogens is 545 g/mol. The van der Waals surface area contributed by atoms with Gasteiger partial charge in [-0.25, -0.2) is 14.0 Å². The van der Waals surface area contributed by atoms with Gasteiger partial charge < -0.3 is 24.6 Å². The molecule has 39 heavy (non-hydrogen) atoms. The molecule has 15 heteroatoms. The highest BCUT2D eigenvalue weighted by molar-refractivity contribution is 5.73. The van der Waals surface area contributed by atoms with E-state index in [1.54, 1.807) is 19.2 Å². The molecule has 224 valence electrons. The van der Waals surface area contributed by atoms with Crippen LogP contribution in [0.15, 0.2) is 24.3 Å². The van der Waals surface area contributed by atoms with Crippen LogP contribution in [0.2, 0.25) is 0 Å². The Morgan fingerprint density at radius 2 is 1.51 bits per heavy atom. The first kappa shape index (κ1) is 34.5. The van der Waals surface area contributed by atoms with Gasteiger partial charge in [-0.15, -0.1) is 0 Å². The molecule has 1 spiro atoms. The Labute approximate surface area is 221 Å². The van der Waals surface area contributed by atoms with Crippen LogP contribution in [0.5, 0.6) is 0 Å². The van der Waals surface area contributed by atoms with Crippen LogP contribution in [-0.4, -0.2) is 104 Å². The number of carboxylic acid groups (broad SMARTS) is 2. The van der Waals surface area contributed by atoms with Crippen LogP contribution in [0.25, 0.3) is 0 Å². The zero-order chi connectivity index (χ0) is 29.9. The average Bonchev–Trinajstić information content (AvgIpc) is 3.16. The fourth-order valence-electron chi connectivity index (χ4n) is 4.58. The molecule has 3 rings (SSSR count). The summed E-state index contributed by atoms with van der Waals surface area (Å²) < 4.78 is 87.7. The largest absolute Gasteiger partial charge is 0.490 e. The predicted octanol–water partition coefficient (Wildman–Crippen LogP) is 3.90. The number of ether oxygens (including phenoxy) is 2. The zero-order valence-corrected chi connectivity index (χ0v) is 21.5. The summed E-state index contributed by atoms with van der Waals surface area (Å²) >= 11 is 0. The number of halogens is 7. The fraction of sp³-hybridized carbons (Fsp3) is 0.667. The third-order valence-corrected chi connectivity index (χ3v) is 6.49. The molecule has 0 saturated carbocycles. The molecule has 0 radical (unpaired) electrons. The van der Waals surface area contributed by atoms with Crippen molar-refractivity contribution in [3.05, 3.63) is 35.6 Å². The minimum atomic E-state index is -5.08. The summed E-state index contributed by atoms with van der Waals surface area (Å²) in [6.07, 6.45) is -7.78. The molecule has 1 unspecified atom stereocenters. The lowest BCUT2D eigenvalue weighted by Crippen LogP contribution is -2.45. The van der Waals surface area contributed by atoms with Crippen molar-refractivity contribution in [2.24, 2.45) is 11.3 Å². The smallest absolute Gasteiger partial charge is 0.475 e. The summed E-state index contributed by atoms with van der Waals surface area (Å²) in [6, 6.07) is 6.98. The molecule has 2 heterocycles. The second-order valence-corrected chi connectivity index (χ2v) is 9.25. The maximum Gasteiger partial charge on any atom is 0.490 e. The summed E-state index contributed by atoms with van der Waals surface area (Å²) in [4.78, 5) is 22.8. The number of likely N-dealkylation sites (tertiary alicyclic amines) is 2. The van der Waals surface area contributed by atoms with Crippen LogP contribution >= 0.6 is 0 Å². The number of hydrogen-bond acceptors (Lipinski definition) is 6. The van der Waals surface area contributed by atoms with Gasteiger partial charge in [0.05, 0.1) is 13.2 Å². The molecule has 2 saturated heterocycles. The number of carbonyl (C=O) groups is 2. The van der Waals surface area contributed by atoms with Crippen molar-refractivity contribution in [2.75, 3.05) is 60.2 Å². The van der Waals surface area contributed by atoms with E-state index in [0.717, 1.165) is 58.0 Å². The van der Waals surface area contributed by atoms with E-state index in [0.29, 0.717) is 11.3 Å². The number of piperidine rings is 1. The van der Waals surface area contributed by atoms with Gasteiger partial charge in [-0.3, -0.25) is 4.90 Å². The third-order valence-electron chi connectivity index (χ3n) is 6.49. The minimum Gasteiger partial charge on any atom is -0.475 e. The Bertz CT molecular complexity index is 882. The molecule has 2 aliphatic heterocycles. The summed E-state index contributed by atoms with van der Waals surface area (Å²) in [5.74, 6) is -5.05. The molecule has 2 N–H and O–H groups in total. The van der Waals surface area contributed by atoms with E-state index in [1.807, 2.05) is 13.2 Å². The third kappa shape index (κ3) is 12.1. The van der Waals surface area contributed by atoms with Crippen molar-refractivity contribution in [3.63, 3.8) is 0 Å². The zero-order valence-electron chi connectivity index (χ0n) is 21.5. The van der Waals surface area contributed by atoms with E-state index < -0.39 is 24.3 Å². The first-order valence-electron chi connectivity index (χ1n) is 11.8. The van der Waals surface area contributed by atoms with Crippen molar-refractivity contribution in [2.45, 2.75) is 31.7 Å². The lowest BCUT2D eigenvalue weighted by molar-refractivity contribution is -0.193. The van der Waals surface area contributed by atoms with Gasteiger partial charge >= 0.3 is 24.3 Å². The van der Waals surface area contributed by atoms with E-state index in [4.69, 9.17) is 29.3 Å². The lowest BCUT2D eigenvalue weighted by atomic mass is 9.71. The number of nitrogens with zero attached hydrogens (tertiary/aromatic N) is 2. The van der Waals surface area contributed by atoms with Crippen molar-refractivity contribution in [1.82, 2.24) is 9.80 Å². The lowest BCUT2D eigenvalue weighted by Gasteiger charge is -2.42. The molecule has 0 bridgehead atoms. The Kier molecular flexibility index (Phi) is 13.6. The number of methoxy groups -OCH3 is 2. The van der Waals surface area contributed by atoms with Crippen molar-refractivity contribution in [1.29, 1.82) is 0 Å². The van der Waals surface area contributed by atoms with E-state index in [9.17, 15) is 30.7 Å². The molecule has 2 fully saturated rings. The SMILES string of the molecule is COCCN1CC(COC)C2(CCN(Cc3cccc(F)c3)CC2)C1.O=C(O)C(F)(F)F.O=C(O)C(F)(F)F. The molecule has 1 aromatic rings. The number of carboxylic acids is 2. The van der Waals surface area contributed by atoms with E-state index in [-0.39, 0.29) is 5.82 Å². The molecule has 2 aliphatic rings. The van der Waals surface area contributed by atoms with Crippen molar-refractivity contribution in [3.8, 4) is 0 Å². The Morgan fingerprint density at radius 1 is 0.974 bits per heavy atom. The Morgan fingerprint density at radius 3 is 1.95 bits per heavy atom. The Hall–Kier alpha value is -2.49. The maximum atomic E-state index is 13.4. The number of benzene rings is 1. The van der Waals surface area contributed by atoms with Gasteiger partial charge in [0.15, 0.2) is 0 Å². The van der Waals surface area contributed by atoms with E-state index >= 15 is 0 Å².